The number of piperidine rings is 1. The summed E-state index contributed by atoms with van der Waals surface area (Å²) in [5, 5.41) is 2.77. The molecule has 2 amide bonds. The van der Waals surface area contributed by atoms with E-state index in [0.29, 0.717) is 25.3 Å². The lowest BCUT2D eigenvalue weighted by atomic mass is 9.96. The van der Waals surface area contributed by atoms with E-state index in [-0.39, 0.29) is 23.8 Å². The van der Waals surface area contributed by atoms with Gasteiger partial charge >= 0.3 is 0 Å². The maximum absolute atomic E-state index is 12.4. The van der Waals surface area contributed by atoms with Gasteiger partial charge in [0, 0.05) is 25.6 Å². The summed E-state index contributed by atoms with van der Waals surface area (Å²) in [6.07, 6.45) is 1.16. The fraction of sp³-hybridized carbons (Fsp3) is 0.846. The van der Waals surface area contributed by atoms with Gasteiger partial charge in [0.2, 0.25) is 11.8 Å². The van der Waals surface area contributed by atoms with Crippen molar-refractivity contribution < 1.29 is 9.59 Å². The number of hydrogen-bond acceptors (Lipinski definition) is 2. The highest BCUT2D eigenvalue weighted by Crippen LogP contribution is 2.17. The van der Waals surface area contributed by atoms with Gasteiger partial charge in [0.15, 0.2) is 0 Å². The van der Waals surface area contributed by atoms with E-state index in [4.69, 9.17) is 0 Å². The molecule has 1 atom stereocenters. The Hall–Kier alpha value is -1.06. The highest BCUT2D eigenvalue weighted by Gasteiger charge is 2.29. The van der Waals surface area contributed by atoms with Crippen LogP contribution < -0.4 is 5.32 Å². The lowest BCUT2D eigenvalue weighted by molar-refractivity contribution is -0.139. The Kier molecular flexibility index (Phi) is 4.97. The predicted octanol–water partition coefficient (Wildman–Crippen LogP) is 1.41. The molecule has 0 bridgehead atoms. The van der Waals surface area contributed by atoms with Gasteiger partial charge in [-0.25, -0.2) is 0 Å². The Morgan fingerprint density at radius 2 is 2.06 bits per heavy atom. The van der Waals surface area contributed by atoms with Crippen LogP contribution in [0.1, 0.15) is 40.5 Å². The van der Waals surface area contributed by atoms with Crippen molar-refractivity contribution in [3.05, 3.63) is 0 Å². The number of nitrogens with one attached hydrogen (secondary N) is 1. The quantitative estimate of drug-likeness (QED) is 0.807. The van der Waals surface area contributed by atoms with Gasteiger partial charge < -0.3 is 10.2 Å². The number of carbonyl (C=O) groups excluding carboxylic acids is 2. The van der Waals surface area contributed by atoms with Crippen molar-refractivity contribution in [2.45, 2.75) is 46.6 Å². The number of carbonyl (C=O) groups is 2. The first kappa shape index (κ1) is 14.0. The van der Waals surface area contributed by atoms with Crippen LogP contribution in [-0.2, 0) is 9.59 Å². The maximum Gasteiger partial charge on any atom is 0.227 e. The summed E-state index contributed by atoms with van der Waals surface area (Å²) in [5.41, 5.74) is 0. The van der Waals surface area contributed by atoms with E-state index in [2.05, 4.69) is 19.2 Å². The molecule has 1 saturated heterocycles. The zero-order valence-electron chi connectivity index (χ0n) is 11.3. The minimum absolute atomic E-state index is 0.0335. The molecule has 1 aliphatic heterocycles. The van der Waals surface area contributed by atoms with Gasteiger partial charge in [-0.1, -0.05) is 13.8 Å². The molecule has 1 rings (SSSR count). The third kappa shape index (κ3) is 4.02. The van der Waals surface area contributed by atoms with Gasteiger partial charge in [-0.15, -0.1) is 0 Å². The molecule has 0 spiro atoms. The predicted molar refractivity (Wildman–Crippen MR) is 67.4 cm³/mol. The summed E-state index contributed by atoms with van der Waals surface area (Å²) in [7, 11) is 0. The van der Waals surface area contributed by atoms with E-state index >= 15 is 0 Å². The monoisotopic (exact) mass is 240 g/mol. The van der Waals surface area contributed by atoms with Crippen LogP contribution in [0.4, 0.5) is 0 Å². The first-order valence-corrected chi connectivity index (χ1v) is 6.49. The summed E-state index contributed by atoms with van der Waals surface area (Å²) < 4.78 is 0. The van der Waals surface area contributed by atoms with E-state index in [1.54, 1.807) is 0 Å². The molecule has 1 fully saturated rings. The third-order valence-corrected chi connectivity index (χ3v) is 3.08. The summed E-state index contributed by atoms with van der Waals surface area (Å²) in [6.45, 7) is 9.61. The molecule has 1 heterocycles. The van der Waals surface area contributed by atoms with Crippen molar-refractivity contribution in [3.63, 3.8) is 0 Å². The maximum atomic E-state index is 12.4. The van der Waals surface area contributed by atoms with Crippen LogP contribution in [0.3, 0.4) is 0 Å². The number of rotatable bonds is 4. The molecule has 1 N–H and O–H groups in total. The largest absolute Gasteiger partial charge is 0.355 e. The molecule has 0 aromatic rings. The average Bonchev–Trinajstić information content (AvgIpc) is 2.25. The van der Waals surface area contributed by atoms with E-state index in [9.17, 15) is 9.59 Å². The van der Waals surface area contributed by atoms with Gasteiger partial charge in [-0.3, -0.25) is 9.59 Å². The smallest absolute Gasteiger partial charge is 0.227 e. The van der Waals surface area contributed by atoms with Gasteiger partial charge in [-0.2, -0.15) is 0 Å². The molecule has 1 unspecified atom stereocenters. The molecule has 0 aromatic heterocycles. The highest BCUT2D eigenvalue weighted by molar-refractivity contribution is 5.83. The Labute approximate surface area is 104 Å². The second-order valence-corrected chi connectivity index (χ2v) is 5.52. The molecule has 4 nitrogen and oxygen atoms in total. The highest BCUT2D eigenvalue weighted by atomic mass is 16.2. The number of nitrogens with zero attached hydrogens (tertiary/aromatic N) is 1. The molecule has 98 valence electrons. The lowest BCUT2D eigenvalue weighted by Gasteiger charge is -2.33. The summed E-state index contributed by atoms with van der Waals surface area (Å²) in [4.78, 5) is 25.4. The molecule has 1 aliphatic rings. The summed E-state index contributed by atoms with van der Waals surface area (Å²) >= 11 is 0. The van der Waals surface area contributed by atoms with Gasteiger partial charge in [0.05, 0.1) is 5.92 Å². The van der Waals surface area contributed by atoms with Gasteiger partial charge in [0.1, 0.15) is 0 Å². The van der Waals surface area contributed by atoms with Crippen molar-refractivity contribution in [3.8, 4) is 0 Å². The Balaban J connectivity index is 2.61. The summed E-state index contributed by atoms with van der Waals surface area (Å²) in [6, 6.07) is 0.225. The van der Waals surface area contributed by atoms with Crippen LogP contribution >= 0.6 is 0 Å². The minimum Gasteiger partial charge on any atom is -0.355 e. The number of amides is 2. The van der Waals surface area contributed by atoms with Crippen molar-refractivity contribution in [1.82, 2.24) is 10.2 Å². The van der Waals surface area contributed by atoms with Crippen LogP contribution in [0.25, 0.3) is 0 Å². The average molecular weight is 240 g/mol. The molecule has 0 saturated carbocycles. The standard InChI is InChI=1S/C13H24N2O2/c1-9(2)8-15(10(3)4)13(17)11-5-6-12(16)14-7-11/h9-11H,5-8H2,1-4H3,(H,14,16). The zero-order chi connectivity index (χ0) is 13.0. The van der Waals surface area contributed by atoms with Crippen molar-refractivity contribution >= 4 is 11.8 Å². The normalized spacial score (nSPS) is 20.6. The van der Waals surface area contributed by atoms with E-state index in [1.165, 1.54) is 0 Å². The molecule has 0 aromatic carbocycles. The van der Waals surface area contributed by atoms with Crippen molar-refractivity contribution in [2.75, 3.05) is 13.1 Å². The molecule has 0 aliphatic carbocycles. The fourth-order valence-electron chi connectivity index (χ4n) is 2.13. The molecular weight excluding hydrogens is 216 g/mol. The zero-order valence-corrected chi connectivity index (χ0v) is 11.3. The van der Waals surface area contributed by atoms with Crippen molar-refractivity contribution in [2.24, 2.45) is 11.8 Å². The van der Waals surface area contributed by atoms with Gasteiger partial charge in [-0.05, 0) is 26.2 Å². The van der Waals surface area contributed by atoms with Crippen LogP contribution in [0.15, 0.2) is 0 Å². The first-order chi connectivity index (χ1) is 7.91. The fourth-order valence-corrected chi connectivity index (χ4v) is 2.13. The Bertz CT molecular complexity index is 277. The molecular formula is C13H24N2O2. The SMILES string of the molecule is CC(C)CN(C(=O)C1CCC(=O)NC1)C(C)C. The minimum atomic E-state index is -0.0335. The lowest BCUT2D eigenvalue weighted by Crippen LogP contribution is -2.48. The molecule has 17 heavy (non-hydrogen) atoms. The summed E-state index contributed by atoms with van der Waals surface area (Å²) in [5.74, 6) is 0.691. The van der Waals surface area contributed by atoms with Crippen LogP contribution in [0, 0.1) is 11.8 Å². The third-order valence-electron chi connectivity index (χ3n) is 3.08. The van der Waals surface area contributed by atoms with E-state index < -0.39 is 0 Å². The number of hydrogen-bond donors (Lipinski definition) is 1. The first-order valence-electron chi connectivity index (χ1n) is 6.49. The topological polar surface area (TPSA) is 49.4 Å². The van der Waals surface area contributed by atoms with Crippen LogP contribution in [0.2, 0.25) is 0 Å². The Morgan fingerprint density at radius 3 is 2.47 bits per heavy atom. The second kappa shape index (κ2) is 6.03. The Morgan fingerprint density at radius 1 is 1.41 bits per heavy atom. The van der Waals surface area contributed by atoms with E-state index in [0.717, 1.165) is 6.54 Å². The second-order valence-electron chi connectivity index (χ2n) is 5.52. The van der Waals surface area contributed by atoms with Crippen molar-refractivity contribution in [1.29, 1.82) is 0 Å². The molecule has 0 radical (unpaired) electrons. The van der Waals surface area contributed by atoms with Crippen LogP contribution in [-0.4, -0.2) is 35.8 Å². The van der Waals surface area contributed by atoms with Crippen LogP contribution in [0.5, 0.6) is 0 Å². The molecule has 4 heteroatoms. The van der Waals surface area contributed by atoms with E-state index in [1.807, 2.05) is 18.7 Å². The van der Waals surface area contributed by atoms with Gasteiger partial charge in [0.25, 0.3) is 0 Å².